The molecule has 1 aromatic heterocycles. The van der Waals surface area contributed by atoms with E-state index >= 15 is 0 Å². The predicted octanol–water partition coefficient (Wildman–Crippen LogP) is 5.85. The first-order chi connectivity index (χ1) is 12.0. The van der Waals surface area contributed by atoms with E-state index in [1.807, 2.05) is 30.3 Å². The maximum absolute atomic E-state index is 5.91. The molecular formula is C22H20N2O. The molecule has 25 heavy (non-hydrogen) atoms. The van der Waals surface area contributed by atoms with Crippen molar-refractivity contribution in [2.75, 3.05) is 0 Å². The smallest absolute Gasteiger partial charge is 0.248 e. The van der Waals surface area contributed by atoms with E-state index in [1.165, 1.54) is 10.9 Å². The molecule has 0 spiro atoms. The van der Waals surface area contributed by atoms with Crippen LogP contribution in [0.5, 0.6) is 0 Å². The van der Waals surface area contributed by atoms with Crippen LogP contribution in [0.3, 0.4) is 0 Å². The summed E-state index contributed by atoms with van der Waals surface area (Å²) in [7, 11) is 0. The third-order valence-electron chi connectivity index (χ3n) is 4.42. The second-order valence-corrected chi connectivity index (χ2v) is 7.30. The van der Waals surface area contributed by atoms with Crippen LogP contribution in [0.25, 0.3) is 33.7 Å². The maximum Gasteiger partial charge on any atom is 0.248 e. The van der Waals surface area contributed by atoms with Crippen LogP contribution >= 0.6 is 0 Å². The zero-order valence-electron chi connectivity index (χ0n) is 14.7. The van der Waals surface area contributed by atoms with Crippen molar-refractivity contribution in [3.63, 3.8) is 0 Å². The van der Waals surface area contributed by atoms with Crippen molar-refractivity contribution in [1.29, 1.82) is 0 Å². The van der Waals surface area contributed by atoms with Crippen molar-refractivity contribution >= 4 is 10.8 Å². The van der Waals surface area contributed by atoms with E-state index in [0.29, 0.717) is 11.8 Å². The lowest BCUT2D eigenvalue weighted by atomic mass is 9.87. The van der Waals surface area contributed by atoms with Gasteiger partial charge in [-0.25, -0.2) is 0 Å². The molecule has 3 nitrogen and oxygen atoms in total. The molecule has 0 aliphatic carbocycles. The number of rotatable bonds is 2. The molecule has 0 unspecified atom stereocenters. The zero-order chi connectivity index (χ0) is 17.4. The van der Waals surface area contributed by atoms with Crippen LogP contribution in [-0.2, 0) is 5.41 Å². The van der Waals surface area contributed by atoms with Crippen LogP contribution in [0, 0.1) is 0 Å². The van der Waals surface area contributed by atoms with Gasteiger partial charge in [0.15, 0.2) is 0 Å². The Kier molecular flexibility index (Phi) is 3.65. The summed E-state index contributed by atoms with van der Waals surface area (Å²) in [5, 5.41) is 10.8. The minimum atomic E-state index is 0.129. The summed E-state index contributed by atoms with van der Waals surface area (Å²) in [5.74, 6) is 1.09. The summed E-state index contributed by atoms with van der Waals surface area (Å²) >= 11 is 0. The molecule has 0 bridgehead atoms. The van der Waals surface area contributed by atoms with Gasteiger partial charge < -0.3 is 4.42 Å². The lowest BCUT2D eigenvalue weighted by molar-refractivity contribution is 0.582. The SMILES string of the molecule is CC(C)(C)c1ccc(-c2nnc(-c3ccc4ccccc4c3)o2)cc1. The van der Waals surface area contributed by atoms with Gasteiger partial charge in [-0.05, 0) is 46.0 Å². The molecule has 3 aromatic carbocycles. The second kappa shape index (κ2) is 5.85. The molecule has 0 atom stereocenters. The molecular weight excluding hydrogens is 308 g/mol. The van der Waals surface area contributed by atoms with Gasteiger partial charge in [0.05, 0.1) is 0 Å². The summed E-state index contributed by atoms with van der Waals surface area (Å²) < 4.78 is 5.91. The molecule has 0 saturated carbocycles. The molecule has 124 valence electrons. The van der Waals surface area contributed by atoms with Gasteiger partial charge in [-0.3, -0.25) is 0 Å². The van der Waals surface area contributed by atoms with E-state index in [1.54, 1.807) is 0 Å². The quantitative estimate of drug-likeness (QED) is 0.463. The Hall–Kier alpha value is -2.94. The summed E-state index contributed by atoms with van der Waals surface area (Å²) in [6, 6.07) is 22.7. The summed E-state index contributed by atoms with van der Waals surface area (Å²) in [6.45, 7) is 6.60. The van der Waals surface area contributed by atoms with Crippen LogP contribution in [0.4, 0.5) is 0 Å². The average molecular weight is 328 g/mol. The van der Waals surface area contributed by atoms with E-state index in [2.05, 4.69) is 67.4 Å². The summed E-state index contributed by atoms with van der Waals surface area (Å²) in [6.07, 6.45) is 0. The molecule has 0 N–H and O–H groups in total. The monoisotopic (exact) mass is 328 g/mol. The van der Waals surface area contributed by atoms with Crippen LogP contribution in [-0.4, -0.2) is 10.2 Å². The van der Waals surface area contributed by atoms with Crippen LogP contribution in [0.15, 0.2) is 71.1 Å². The maximum atomic E-state index is 5.91. The van der Waals surface area contributed by atoms with Gasteiger partial charge in [0.25, 0.3) is 0 Å². The van der Waals surface area contributed by atoms with E-state index in [4.69, 9.17) is 4.42 Å². The standard InChI is InChI=1S/C22H20N2O/c1-22(2,3)19-12-10-16(11-13-19)20-23-24-21(25-20)18-9-8-15-6-4-5-7-17(15)14-18/h4-14H,1-3H3. The Morgan fingerprint density at radius 3 is 1.96 bits per heavy atom. The number of nitrogens with zero attached hydrogens (tertiary/aromatic N) is 2. The number of benzene rings is 3. The minimum Gasteiger partial charge on any atom is -0.416 e. The molecule has 0 aliphatic heterocycles. The van der Waals surface area contributed by atoms with Gasteiger partial charge in [0.2, 0.25) is 11.8 Å². The molecule has 0 saturated heterocycles. The average Bonchev–Trinajstić information content (AvgIpc) is 3.11. The first kappa shape index (κ1) is 15.6. The van der Waals surface area contributed by atoms with Gasteiger partial charge in [0.1, 0.15) is 0 Å². The van der Waals surface area contributed by atoms with Crippen LogP contribution in [0.2, 0.25) is 0 Å². The van der Waals surface area contributed by atoms with E-state index in [0.717, 1.165) is 16.5 Å². The number of hydrogen-bond donors (Lipinski definition) is 0. The highest BCUT2D eigenvalue weighted by molar-refractivity contribution is 5.86. The van der Waals surface area contributed by atoms with Gasteiger partial charge in [-0.15, -0.1) is 10.2 Å². The highest BCUT2D eigenvalue weighted by Gasteiger charge is 2.15. The second-order valence-electron chi connectivity index (χ2n) is 7.30. The highest BCUT2D eigenvalue weighted by Crippen LogP contribution is 2.28. The Morgan fingerprint density at radius 1 is 0.680 bits per heavy atom. The van der Waals surface area contributed by atoms with Crippen molar-refractivity contribution in [1.82, 2.24) is 10.2 Å². The Labute approximate surface area is 147 Å². The normalized spacial score (nSPS) is 11.8. The number of hydrogen-bond acceptors (Lipinski definition) is 3. The Balaban J connectivity index is 1.67. The molecule has 0 fully saturated rings. The molecule has 0 aliphatic rings. The highest BCUT2D eigenvalue weighted by atomic mass is 16.4. The molecule has 4 aromatic rings. The van der Waals surface area contributed by atoms with Crippen LogP contribution < -0.4 is 0 Å². The third kappa shape index (κ3) is 3.05. The largest absolute Gasteiger partial charge is 0.416 e. The lowest BCUT2D eigenvalue weighted by Crippen LogP contribution is -2.10. The lowest BCUT2D eigenvalue weighted by Gasteiger charge is -2.18. The van der Waals surface area contributed by atoms with E-state index in [-0.39, 0.29) is 5.41 Å². The molecule has 0 radical (unpaired) electrons. The molecule has 4 rings (SSSR count). The van der Waals surface area contributed by atoms with Crippen molar-refractivity contribution in [2.45, 2.75) is 26.2 Å². The first-order valence-corrected chi connectivity index (χ1v) is 8.44. The van der Waals surface area contributed by atoms with Crippen molar-refractivity contribution in [3.8, 4) is 22.9 Å². The Bertz CT molecular complexity index is 1020. The Morgan fingerprint density at radius 2 is 1.28 bits per heavy atom. The van der Waals surface area contributed by atoms with Crippen LogP contribution in [0.1, 0.15) is 26.3 Å². The third-order valence-corrected chi connectivity index (χ3v) is 4.42. The van der Waals surface area contributed by atoms with Crippen molar-refractivity contribution < 1.29 is 4.42 Å². The van der Waals surface area contributed by atoms with Gasteiger partial charge >= 0.3 is 0 Å². The van der Waals surface area contributed by atoms with E-state index < -0.39 is 0 Å². The summed E-state index contributed by atoms with van der Waals surface area (Å²) in [4.78, 5) is 0. The fraction of sp³-hybridized carbons (Fsp3) is 0.182. The van der Waals surface area contributed by atoms with Gasteiger partial charge in [-0.2, -0.15) is 0 Å². The first-order valence-electron chi connectivity index (χ1n) is 8.44. The van der Waals surface area contributed by atoms with E-state index in [9.17, 15) is 0 Å². The predicted molar refractivity (Wildman–Crippen MR) is 101 cm³/mol. The molecule has 0 amide bonds. The number of aromatic nitrogens is 2. The fourth-order valence-corrected chi connectivity index (χ4v) is 2.89. The van der Waals surface area contributed by atoms with Gasteiger partial charge in [0, 0.05) is 11.1 Å². The van der Waals surface area contributed by atoms with Crippen molar-refractivity contribution in [2.24, 2.45) is 0 Å². The zero-order valence-corrected chi connectivity index (χ0v) is 14.7. The fourth-order valence-electron chi connectivity index (χ4n) is 2.89. The minimum absolute atomic E-state index is 0.129. The molecule has 3 heteroatoms. The van der Waals surface area contributed by atoms with Crippen molar-refractivity contribution in [3.05, 3.63) is 72.3 Å². The molecule has 1 heterocycles. The topological polar surface area (TPSA) is 38.9 Å². The van der Waals surface area contributed by atoms with Gasteiger partial charge in [-0.1, -0.05) is 63.2 Å². The number of fused-ring (bicyclic) bond motifs is 1. The summed E-state index contributed by atoms with van der Waals surface area (Å²) in [5.41, 5.74) is 3.28.